The molecule has 3 N–H and O–H groups in total. The number of aromatic nitrogens is 3. The lowest BCUT2D eigenvalue weighted by molar-refractivity contribution is 0.312. The maximum absolute atomic E-state index is 5.65. The van der Waals surface area contributed by atoms with Gasteiger partial charge >= 0.3 is 6.01 Å². The van der Waals surface area contributed by atoms with E-state index in [-0.39, 0.29) is 5.95 Å². The maximum Gasteiger partial charge on any atom is 0.323 e. The molecule has 3 unspecified atom stereocenters. The molecule has 104 valence electrons. The first kappa shape index (κ1) is 12.4. The molecule has 0 aliphatic heterocycles. The fraction of sp³-hybridized carbons (Fsp3) is 0.769. The molecule has 0 saturated heterocycles. The highest BCUT2D eigenvalue weighted by molar-refractivity contribution is 5.32. The topological polar surface area (TPSA) is 86.0 Å². The van der Waals surface area contributed by atoms with E-state index in [0.717, 1.165) is 24.3 Å². The van der Waals surface area contributed by atoms with Crippen LogP contribution in [0, 0.1) is 17.8 Å². The zero-order valence-corrected chi connectivity index (χ0v) is 11.3. The van der Waals surface area contributed by atoms with E-state index in [1.165, 1.54) is 25.7 Å². The van der Waals surface area contributed by atoms with Crippen LogP contribution in [0.15, 0.2) is 0 Å². The van der Waals surface area contributed by atoms with Crippen molar-refractivity contribution >= 4 is 11.9 Å². The van der Waals surface area contributed by atoms with E-state index >= 15 is 0 Å². The van der Waals surface area contributed by atoms with Crippen molar-refractivity contribution in [3.8, 4) is 6.01 Å². The van der Waals surface area contributed by atoms with Crippen LogP contribution in [0.5, 0.6) is 6.01 Å². The SMILES string of the molecule is CCOc1nc(N)nc(NCC2CC3CCC2C3)n1. The van der Waals surface area contributed by atoms with Crippen molar-refractivity contribution in [2.45, 2.75) is 32.6 Å². The van der Waals surface area contributed by atoms with Crippen LogP contribution in [-0.2, 0) is 0 Å². The fourth-order valence-electron chi connectivity index (χ4n) is 3.49. The van der Waals surface area contributed by atoms with Gasteiger partial charge in [-0.2, -0.15) is 15.0 Å². The molecule has 0 radical (unpaired) electrons. The number of nitrogens with one attached hydrogen (secondary N) is 1. The summed E-state index contributed by atoms with van der Waals surface area (Å²) in [7, 11) is 0. The third-order valence-corrected chi connectivity index (χ3v) is 4.31. The number of nitrogen functional groups attached to an aromatic ring is 1. The fourth-order valence-corrected chi connectivity index (χ4v) is 3.49. The summed E-state index contributed by atoms with van der Waals surface area (Å²) in [5.41, 5.74) is 5.65. The molecule has 0 amide bonds. The van der Waals surface area contributed by atoms with Gasteiger partial charge in [-0.25, -0.2) is 0 Å². The summed E-state index contributed by atoms with van der Waals surface area (Å²) in [6, 6.07) is 0.297. The van der Waals surface area contributed by atoms with Crippen molar-refractivity contribution in [3.05, 3.63) is 0 Å². The monoisotopic (exact) mass is 263 g/mol. The molecular weight excluding hydrogens is 242 g/mol. The largest absolute Gasteiger partial charge is 0.464 e. The summed E-state index contributed by atoms with van der Waals surface area (Å²) in [5, 5.41) is 3.29. The molecule has 2 aliphatic rings. The van der Waals surface area contributed by atoms with E-state index in [9.17, 15) is 0 Å². The Bertz CT molecular complexity index is 453. The molecule has 2 aliphatic carbocycles. The van der Waals surface area contributed by atoms with Crippen LogP contribution >= 0.6 is 0 Å². The molecule has 6 heteroatoms. The van der Waals surface area contributed by atoms with Crippen LogP contribution in [0.2, 0.25) is 0 Å². The molecule has 2 saturated carbocycles. The van der Waals surface area contributed by atoms with Crippen molar-refractivity contribution in [3.63, 3.8) is 0 Å². The van der Waals surface area contributed by atoms with E-state index in [0.29, 0.717) is 18.6 Å². The van der Waals surface area contributed by atoms with Crippen LogP contribution in [0.3, 0.4) is 0 Å². The predicted octanol–water partition coefficient (Wildman–Crippen LogP) is 1.70. The highest BCUT2D eigenvalue weighted by Gasteiger charge is 2.39. The van der Waals surface area contributed by atoms with Gasteiger partial charge in [0.1, 0.15) is 0 Å². The molecule has 2 bridgehead atoms. The molecule has 0 spiro atoms. The summed E-state index contributed by atoms with van der Waals surface area (Å²) in [5.74, 6) is 3.34. The average molecular weight is 263 g/mol. The van der Waals surface area contributed by atoms with Crippen LogP contribution in [0.25, 0.3) is 0 Å². The number of nitrogens with two attached hydrogens (primary N) is 1. The van der Waals surface area contributed by atoms with E-state index < -0.39 is 0 Å². The summed E-state index contributed by atoms with van der Waals surface area (Å²) < 4.78 is 5.27. The lowest BCUT2D eigenvalue weighted by Gasteiger charge is -2.21. The number of anilines is 2. The van der Waals surface area contributed by atoms with Gasteiger partial charge in [-0.05, 0) is 43.9 Å². The molecule has 6 nitrogen and oxygen atoms in total. The number of hydrogen-bond acceptors (Lipinski definition) is 6. The Labute approximate surface area is 113 Å². The van der Waals surface area contributed by atoms with E-state index in [1.807, 2.05) is 6.92 Å². The summed E-state index contributed by atoms with van der Waals surface area (Å²) in [4.78, 5) is 12.2. The van der Waals surface area contributed by atoms with Gasteiger partial charge in [0, 0.05) is 6.54 Å². The van der Waals surface area contributed by atoms with E-state index in [1.54, 1.807) is 0 Å². The standard InChI is InChI=1S/C13H21N5O/c1-2-19-13-17-11(14)16-12(18-13)15-7-10-6-8-3-4-9(10)5-8/h8-10H,2-7H2,1H3,(H3,14,15,16,17,18). The molecule has 1 aromatic rings. The average Bonchev–Trinajstić information content (AvgIpc) is 2.98. The second-order valence-corrected chi connectivity index (χ2v) is 5.55. The first-order valence-electron chi connectivity index (χ1n) is 7.12. The molecule has 3 atom stereocenters. The van der Waals surface area contributed by atoms with Gasteiger partial charge in [-0.3, -0.25) is 0 Å². The highest BCUT2D eigenvalue weighted by atomic mass is 16.5. The maximum atomic E-state index is 5.65. The zero-order valence-electron chi connectivity index (χ0n) is 11.3. The second kappa shape index (κ2) is 5.19. The third-order valence-electron chi connectivity index (χ3n) is 4.31. The van der Waals surface area contributed by atoms with E-state index in [4.69, 9.17) is 10.5 Å². The third kappa shape index (κ3) is 2.72. The molecule has 0 aromatic carbocycles. The number of rotatable bonds is 5. The molecule has 3 rings (SSSR count). The molecule has 2 fully saturated rings. The van der Waals surface area contributed by atoms with Crippen molar-refractivity contribution in [1.82, 2.24) is 15.0 Å². The van der Waals surface area contributed by atoms with Crippen LogP contribution in [0.4, 0.5) is 11.9 Å². The lowest BCUT2D eigenvalue weighted by Crippen LogP contribution is -2.21. The van der Waals surface area contributed by atoms with Gasteiger partial charge in [-0.15, -0.1) is 0 Å². The number of hydrogen-bond donors (Lipinski definition) is 2. The van der Waals surface area contributed by atoms with Gasteiger partial charge in [0.2, 0.25) is 11.9 Å². The lowest BCUT2D eigenvalue weighted by atomic mass is 9.89. The summed E-state index contributed by atoms with van der Waals surface area (Å²) in [6.45, 7) is 3.34. The quantitative estimate of drug-likeness (QED) is 0.841. The predicted molar refractivity (Wildman–Crippen MR) is 72.8 cm³/mol. The smallest absolute Gasteiger partial charge is 0.323 e. The Morgan fingerprint density at radius 1 is 1.26 bits per heavy atom. The Morgan fingerprint density at radius 2 is 2.16 bits per heavy atom. The van der Waals surface area contributed by atoms with Crippen molar-refractivity contribution < 1.29 is 4.74 Å². The summed E-state index contributed by atoms with van der Waals surface area (Å²) in [6.07, 6.45) is 5.57. The normalized spacial score (nSPS) is 28.6. The number of nitrogens with zero attached hydrogens (tertiary/aromatic N) is 3. The Kier molecular flexibility index (Phi) is 3.40. The molecule has 19 heavy (non-hydrogen) atoms. The first-order chi connectivity index (χ1) is 9.24. The minimum Gasteiger partial charge on any atom is -0.464 e. The number of ether oxygens (including phenoxy) is 1. The van der Waals surface area contributed by atoms with Crippen LogP contribution in [0.1, 0.15) is 32.6 Å². The molecular formula is C13H21N5O. The van der Waals surface area contributed by atoms with Gasteiger partial charge in [0.15, 0.2) is 0 Å². The molecule has 1 aromatic heterocycles. The Hall–Kier alpha value is -1.59. The minimum atomic E-state index is 0.203. The van der Waals surface area contributed by atoms with Crippen molar-refractivity contribution in [1.29, 1.82) is 0 Å². The van der Waals surface area contributed by atoms with Crippen molar-refractivity contribution in [2.24, 2.45) is 17.8 Å². The van der Waals surface area contributed by atoms with Crippen LogP contribution in [-0.4, -0.2) is 28.1 Å². The molecule has 1 heterocycles. The zero-order chi connectivity index (χ0) is 13.2. The van der Waals surface area contributed by atoms with Gasteiger partial charge in [0.25, 0.3) is 0 Å². The van der Waals surface area contributed by atoms with Gasteiger partial charge in [0.05, 0.1) is 6.61 Å². The number of fused-ring (bicyclic) bond motifs is 2. The Morgan fingerprint density at radius 3 is 2.84 bits per heavy atom. The van der Waals surface area contributed by atoms with Crippen LogP contribution < -0.4 is 15.8 Å². The Balaban J connectivity index is 1.60. The minimum absolute atomic E-state index is 0.203. The second-order valence-electron chi connectivity index (χ2n) is 5.55. The summed E-state index contributed by atoms with van der Waals surface area (Å²) >= 11 is 0. The van der Waals surface area contributed by atoms with Gasteiger partial charge < -0.3 is 15.8 Å². The highest BCUT2D eigenvalue weighted by Crippen LogP contribution is 2.48. The van der Waals surface area contributed by atoms with Crippen molar-refractivity contribution in [2.75, 3.05) is 24.2 Å². The first-order valence-corrected chi connectivity index (χ1v) is 7.12. The van der Waals surface area contributed by atoms with E-state index in [2.05, 4.69) is 20.3 Å². The van der Waals surface area contributed by atoms with Gasteiger partial charge in [-0.1, -0.05) is 6.42 Å².